The van der Waals surface area contributed by atoms with Crippen molar-refractivity contribution in [2.75, 3.05) is 0 Å². The molecule has 0 amide bonds. The number of hydrogen-bond donors (Lipinski definition) is 1. The summed E-state index contributed by atoms with van der Waals surface area (Å²) in [6.07, 6.45) is 3.18. The Morgan fingerprint density at radius 3 is 2.90 bits per heavy atom. The Kier molecular flexibility index (Phi) is 3.57. The number of rotatable bonds is 4. The highest BCUT2D eigenvalue weighted by molar-refractivity contribution is 5.84. The van der Waals surface area contributed by atoms with Crippen LogP contribution in [0.5, 0.6) is 0 Å². The molecule has 0 bridgehead atoms. The zero-order valence-electron chi connectivity index (χ0n) is 11.9. The third kappa shape index (κ3) is 2.36. The number of ketones is 1. The second-order valence-electron chi connectivity index (χ2n) is 5.67. The van der Waals surface area contributed by atoms with E-state index in [1.54, 1.807) is 0 Å². The summed E-state index contributed by atoms with van der Waals surface area (Å²) in [6, 6.07) is 8.26. The molecule has 1 aliphatic rings. The molecular weight excluding hydrogens is 250 g/mol. The van der Waals surface area contributed by atoms with Gasteiger partial charge in [-0.3, -0.25) is 4.79 Å². The molecule has 1 heterocycles. The molecule has 2 aromatic rings. The average Bonchev–Trinajstić information content (AvgIpc) is 3.01. The molecule has 20 heavy (non-hydrogen) atoms. The van der Waals surface area contributed by atoms with E-state index >= 15 is 0 Å². The van der Waals surface area contributed by atoms with Crippen LogP contribution in [0.25, 0.3) is 11.0 Å². The molecule has 3 rings (SSSR count). The predicted molar refractivity (Wildman–Crippen MR) is 79.4 cm³/mol. The van der Waals surface area contributed by atoms with Gasteiger partial charge >= 0.3 is 0 Å². The van der Waals surface area contributed by atoms with Crippen molar-refractivity contribution in [1.29, 1.82) is 0 Å². The third-order valence-electron chi connectivity index (χ3n) is 4.31. The molecule has 2 N–H and O–H groups in total. The number of aromatic nitrogens is 2. The van der Waals surface area contributed by atoms with Gasteiger partial charge < -0.3 is 10.3 Å². The van der Waals surface area contributed by atoms with E-state index in [9.17, 15) is 4.79 Å². The van der Waals surface area contributed by atoms with Crippen LogP contribution in [0.2, 0.25) is 0 Å². The fourth-order valence-electron chi connectivity index (χ4n) is 3.22. The number of nitrogens with two attached hydrogens (primary N) is 1. The number of carbonyl (C=O) groups excluding carboxylic acids is 1. The first-order valence-corrected chi connectivity index (χ1v) is 7.41. The highest BCUT2D eigenvalue weighted by atomic mass is 16.1. The maximum absolute atomic E-state index is 12.4. The summed E-state index contributed by atoms with van der Waals surface area (Å²) in [5, 5.41) is 0. The van der Waals surface area contributed by atoms with Crippen LogP contribution in [-0.4, -0.2) is 21.4 Å². The van der Waals surface area contributed by atoms with Crippen LogP contribution in [-0.2, 0) is 17.8 Å². The minimum absolute atomic E-state index is 0.134. The Morgan fingerprint density at radius 1 is 1.40 bits per heavy atom. The lowest BCUT2D eigenvalue weighted by Gasteiger charge is -2.09. The molecule has 0 spiro atoms. The number of hydrogen-bond acceptors (Lipinski definition) is 3. The molecule has 4 nitrogen and oxygen atoms in total. The number of aryl methyl sites for hydroxylation is 1. The van der Waals surface area contributed by atoms with Gasteiger partial charge in [-0.2, -0.15) is 0 Å². The lowest BCUT2D eigenvalue weighted by atomic mass is 9.99. The molecule has 1 aliphatic carbocycles. The number of fused-ring (bicyclic) bond motifs is 1. The summed E-state index contributed by atoms with van der Waals surface area (Å²) in [5.74, 6) is 1.32. The number of imidazole rings is 1. The minimum Gasteiger partial charge on any atom is -0.328 e. The first kappa shape index (κ1) is 13.3. The Hall–Kier alpha value is -1.68. The van der Waals surface area contributed by atoms with Crippen molar-refractivity contribution in [3.8, 4) is 0 Å². The van der Waals surface area contributed by atoms with Gasteiger partial charge in [0.1, 0.15) is 11.6 Å². The molecule has 4 heteroatoms. The second kappa shape index (κ2) is 5.37. The number of Topliss-reactive ketones (excluding diaryl/α,β-unsaturated/α-hetero) is 1. The summed E-state index contributed by atoms with van der Waals surface area (Å²) in [7, 11) is 0. The van der Waals surface area contributed by atoms with Crippen LogP contribution in [0.15, 0.2) is 24.3 Å². The van der Waals surface area contributed by atoms with E-state index in [1.165, 1.54) is 0 Å². The van der Waals surface area contributed by atoms with E-state index in [1.807, 2.05) is 18.2 Å². The molecule has 0 radical (unpaired) electrons. The van der Waals surface area contributed by atoms with Crippen molar-refractivity contribution in [3.63, 3.8) is 0 Å². The van der Waals surface area contributed by atoms with Gasteiger partial charge in [-0.15, -0.1) is 0 Å². The Bertz CT molecular complexity index is 632. The number of para-hydroxylation sites is 2. The Balaban J connectivity index is 1.85. The smallest absolute Gasteiger partial charge is 0.143 e. The van der Waals surface area contributed by atoms with Gasteiger partial charge in [0.2, 0.25) is 0 Å². The van der Waals surface area contributed by atoms with Gasteiger partial charge in [-0.05, 0) is 38.3 Å². The molecule has 2 unspecified atom stereocenters. The maximum Gasteiger partial charge on any atom is 0.143 e. The van der Waals surface area contributed by atoms with E-state index in [2.05, 4.69) is 22.5 Å². The van der Waals surface area contributed by atoms with Gasteiger partial charge in [-0.25, -0.2) is 4.98 Å². The van der Waals surface area contributed by atoms with E-state index in [0.717, 1.165) is 42.7 Å². The molecule has 1 saturated carbocycles. The lowest BCUT2D eigenvalue weighted by Crippen LogP contribution is -2.20. The zero-order chi connectivity index (χ0) is 14.1. The SMILES string of the molecule is CCn1c(CC(=O)C2CCC(N)C2)nc2ccccc21. The van der Waals surface area contributed by atoms with E-state index in [0.29, 0.717) is 12.2 Å². The fraction of sp³-hybridized carbons (Fsp3) is 0.500. The van der Waals surface area contributed by atoms with Crippen LogP contribution in [0.4, 0.5) is 0 Å². The Morgan fingerprint density at radius 2 is 2.20 bits per heavy atom. The van der Waals surface area contributed by atoms with Crippen LogP contribution in [0.1, 0.15) is 32.0 Å². The highest BCUT2D eigenvalue weighted by Crippen LogP contribution is 2.26. The summed E-state index contributed by atoms with van der Waals surface area (Å²) in [4.78, 5) is 17.0. The Labute approximate surface area is 119 Å². The first-order chi connectivity index (χ1) is 9.69. The van der Waals surface area contributed by atoms with Gasteiger partial charge in [0, 0.05) is 18.5 Å². The van der Waals surface area contributed by atoms with Gasteiger partial charge in [-0.1, -0.05) is 12.1 Å². The summed E-state index contributed by atoms with van der Waals surface area (Å²) < 4.78 is 2.14. The van der Waals surface area contributed by atoms with Gasteiger partial charge in [0.05, 0.1) is 17.5 Å². The monoisotopic (exact) mass is 271 g/mol. The van der Waals surface area contributed by atoms with Crippen molar-refractivity contribution in [1.82, 2.24) is 9.55 Å². The molecular formula is C16H21N3O. The predicted octanol–water partition coefficient (Wildman–Crippen LogP) is 2.30. The topological polar surface area (TPSA) is 60.9 Å². The van der Waals surface area contributed by atoms with Gasteiger partial charge in [0.25, 0.3) is 0 Å². The van der Waals surface area contributed by atoms with Crippen LogP contribution >= 0.6 is 0 Å². The molecule has 0 aliphatic heterocycles. The van der Waals surface area contributed by atoms with Crippen molar-refractivity contribution < 1.29 is 4.79 Å². The van der Waals surface area contributed by atoms with Crippen molar-refractivity contribution in [3.05, 3.63) is 30.1 Å². The first-order valence-electron chi connectivity index (χ1n) is 7.41. The largest absolute Gasteiger partial charge is 0.328 e. The van der Waals surface area contributed by atoms with E-state index in [4.69, 9.17) is 5.73 Å². The number of carbonyl (C=O) groups is 1. The number of nitrogens with zero attached hydrogens (tertiary/aromatic N) is 2. The second-order valence-corrected chi connectivity index (χ2v) is 5.67. The standard InChI is InChI=1S/C16H21N3O/c1-2-19-14-6-4-3-5-13(14)18-16(19)10-15(20)11-7-8-12(17)9-11/h3-6,11-12H,2,7-10,17H2,1H3. The van der Waals surface area contributed by atoms with Crippen LogP contribution in [0.3, 0.4) is 0 Å². The minimum atomic E-state index is 0.134. The third-order valence-corrected chi connectivity index (χ3v) is 4.31. The van der Waals surface area contributed by atoms with Crippen molar-refractivity contribution in [2.24, 2.45) is 11.7 Å². The maximum atomic E-state index is 12.4. The summed E-state index contributed by atoms with van der Waals surface area (Å²) in [5.41, 5.74) is 7.99. The molecule has 1 fully saturated rings. The molecule has 1 aromatic heterocycles. The molecule has 1 aromatic carbocycles. The van der Waals surface area contributed by atoms with E-state index < -0.39 is 0 Å². The van der Waals surface area contributed by atoms with Crippen LogP contribution < -0.4 is 5.73 Å². The van der Waals surface area contributed by atoms with Crippen molar-refractivity contribution >= 4 is 16.8 Å². The molecule has 2 atom stereocenters. The van der Waals surface area contributed by atoms with Crippen molar-refractivity contribution in [2.45, 2.75) is 45.2 Å². The number of benzene rings is 1. The zero-order valence-corrected chi connectivity index (χ0v) is 11.9. The normalized spacial score (nSPS) is 22.5. The molecule has 0 saturated heterocycles. The summed E-state index contributed by atoms with van der Waals surface area (Å²) in [6.45, 7) is 2.93. The molecule has 106 valence electrons. The average molecular weight is 271 g/mol. The highest BCUT2D eigenvalue weighted by Gasteiger charge is 2.28. The summed E-state index contributed by atoms with van der Waals surface area (Å²) >= 11 is 0. The lowest BCUT2D eigenvalue weighted by molar-refractivity contribution is -0.122. The van der Waals surface area contributed by atoms with Crippen LogP contribution in [0, 0.1) is 5.92 Å². The van der Waals surface area contributed by atoms with E-state index in [-0.39, 0.29) is 12.0 Å². The fourth-order valence-corrected chi connectivity index (χ4v) is 3.22. The van der Waals surface area contributed by atoms with Gasteiger partial charge in [0.15, 0.2) is 0 Å². The quantitative estimate of drug-likeness (QED) is 0.928.